The van der Waals surface area contributed by atoms with Gasteiger partial charge in [-0.2, -0.15) is 0 Å². The summed E-state index contributed by atoms with van der Waals surface area (Å²) in [5.41, 5.74) is 2.76. The third-order valence-corrected chi connectivity index (χ3v) is 6.81. The summed E-state index contributed by atoms with van der Waals surface area (Å²) in [7, 11) is 3.48. The van der Waals surface area contributed by atoms with Crippen molar-refractivity contribution in [1.82, 2.24) is 4.90 Å². The standard InChI is InChI=1S/C25H30N2O4/c1-24(2)20-7-5-6-8-21(20)26(3)25(24,27-13-15-31-16-14-27)12-11-18-17-19(23(29)30-4)9-10-22(18)28/h5-12,17,28H,13-16H2,1-4H3/b12-11+. The highest BCUT2D eigenvalue weighted by Gasteiger charge is 2.57. The van der Waals surface area contributed by atoms with Gasteiger partial charge in [-0.25, -0.2) is 4.79 Å². The molecule has 2 aliphatic heterocycles. The van der Waals surface area contributed by atoms with E-state index >= 15 is 0 Å². The Kier molecular flexibility index (Phi) is 5.54. The van der Waals surface area contributed by atoms with Crippen LogP contribution in [-0.2, 0) is 14.9 Å². The number of hydrogen-bond donors (Lipinski definition) is 1. The Morgan fingerprint density at radius 1 is 1.16 bits per heavy atom. The lowest BCUT2D eigenvalue weighted by Gasteiger charge is -2.53. The molecule has 6 nitrogen and oxygen atoms in total. The maximum absolute atomic E-state index is 12.0. The topological polar surface area (TPSA) is 62.2 Å². The average Bonchev–Trinajstić information content (AvgIpc) is 2.97. The molecular formula is C25H30N2O4. The van der Waals surface area contributed by atoms with Gasteiger partial charge in [0.15, 0.2) is 0 Å². The molecular weight excluding hydrogens is 392 g/mol. The second-order valence-electron chi connectivity index (χ2n) is 8.63. The molecule has 1 fully saturated rings. The van der Waals surface area contributed by atoms with Gasteiger partial charge in [0.05, 0.1) is 25.9 Å². The van der Waals surface area contributed by atoms with Gasteiger partial charge < -0.3 is 19.5 Å². The molecule has 164 valence electrons. The van der Waals surface area contributed by atoms with Crippen molar-refractivity contribution in [3.8, 4) is 5.75 Å². The Morgan fingerprint density at radius 3 is 2.55 bits per heavy atom. The molecule has 31 heavy (non-hydrogen) atoms. The molecule has 2 aliphatic rings. The first-order valence-electron chi connectivity index (χ1n) is 10.6. The smallest absolute Gasteiger partial charge is 0.337 e. The summed E-state index contributed by atoms with van der Waals surface area (Å²) < 4.78 is 10.5. The van der Waals surface area contributed by atoms with Gasteiger partial charge in [0.2, 0.25) is 0 Å². The van der Waals surface area contributed by atoms with Crippen LogP contribution in [0.3, 0.4) is 0 Å². The number of likely N-dealkylation sites (N-methyl/N-ethyl adjacent to an activating group) is 1. The van der Waals surface area contributed by atoms with Crippen LogP contribution in [0.2, 0.25) is 0 Å². The van der Waals surface area contributed by atoms with E-state index in [1.165, 1.54) is 24.4 Å². The van der Waals surface area contributed by atoms with Crippen molar-refractivity contribution in [2.24, 2.45) is 0 Å². The van der Waals surface area contributed by atoms with E-state index in [2.05, 4.69) is 61.0 Å². The number of para-hydroxylation sites is 1. The van der Waals surface area contributed by atoms with Crippen molar-refractivity contribution in [1.29, 1.82) is 0 Å². The molecule has 0 amide bonds. The number of aromatic hydroxyl groups is 1. The van der Waals surface area contributed by atoms with Crippen LogP contribution < -0.4 is 4.90 Å². The number of morpholine rings is 1. The van der Waals surface area contributed by atoms with Crippen molar-refractivity contribution in [3.63, 3.8) is 0 Å². The molecule has 2 heterocycles. The number of esters is 1. The number of phenolic OH excluding ortho intramolecular Hbond substituents is 1. The molecule has 2 aromatic rings. The predicted molar refractivity (Wildman–Crippen MR) is 121 cm³/mol. The first-order valence-corrected chi connectivity index (χ1v) is 10.6. The van der Waals surface area contributed by atoms with E-state index < -0.39 is 11.6 Å². The van der Waals surface area contributed by atoms with Crippen molar-refractivity contribution >= 4 is 17.7 Å². The van der Waals surface area contributed by atoms with Crippen molar-refractivity contribution in [3.05, 3.63) is 65.2 Å². The van der Waals surface area contributed by atoms with Gasteiger partial charge in [-0.15, -0.1) is 0 Å². The van der Waals surface area contributed by atoms with Crippen LogP contribution in [0.25, 0.3) is 6.08 Å². The highest BCUT2D eigenvalue weighted by molar-refractivity contribution is 5.90. The van der Waals surface area contributed by atoms with Crippen molar-refractivity contribution < 1.29 is 19.4 Å². The Morgan fingerprint density at radius 2 is 1.87 bits per heavy atom. The molecule has 0 spiro atoms. The molecule has 1 N–H and O–H groups in total. The van der Waals surface area contributed by atoms with Crippen LogP contribution in [0.15, 0.2) is 48.5 Å². The molecule has 6 heteroatoms. The summed E-state index contributed by atoms with van der Waals surface area (Å²) in [6.07, 6.45) is 4.08. The number of phenols is 1. The molecule has 0 saturated carbocycles. The Balaban J connectivity index is 1.84. The van der Waals surface area contributed by atoms with Gasteiger partial charge in [-0.3, -0.25) is 4.90 Å². The minimum absolute atomic E-state index is 0.122. The van der Waals surface area contributed by atoms with E-state index in [1.54, 1.807) is 12.1 Å². The molecule has 2 aromatic carbocycles. The fraction of sp³-hybridized carbons (Fsp3) is 0.400. The Hall–Kier alpha value is -2.83. The minimum atomic E-state index is -0.464. The lowest BCUT2D eigenvalue weighted by molar-refractivity contribution is -0.0241. The largest absolute Gasteiger partial charge is 0.507 e. The Labute approximate surface area is 183 Å². The van der Waals surface area contributed by atoms with Crippen LogP contribution in [-0.4, -0.2) is 62.1 Å². The average molecular weight is 423 g/mol. The molecule has 0 radical (unpaired) electrons. The van der Waals surface area contributed by atoms with Gasteiger partial charge in [0.1, 0.15) is 11.4 Å². The Bertz CT molecular complexity index is 1010. The summed E-state index contributed by atoms with van der Waals surface area (Å²) in [6.45, 7) is 7.50. The summed E-state index contributed by atoms with van der Waals surface area (Å²) in [5, 5.41) is 10.5. The fourth-order valence-corrected chi connectivity index (χ4v) is 5.17. The summed E-state index contributed by atoms with van der Waals surface area (Å²) in [5.74, 6) is -0.305. The first kappa shape index (κ1) is 21.4. The normalized spacial score (nSPS) is 23.2. The SMILES string of the molecule is COC(=O)c1ccc(O)c(/C=C/C2(N3CCOCC3)N(C)c3ccccc3C2(C)C)c1. The predicted octanol–water partition coefficient (Wildman–Crippen LogP) is 3.65. The summed E-state index contributed by atoms with van der Waals surface area (Å²) in [6, 6.07) is 13.3. The van der Waals surface area contributed by atoms with Crippen LogP contribution in [0.1, 0.15) is 35.3 Å². The number of rotatable bonds is 4. The van der Waals surface area contributed by atoms with E-state index in [-0.39, 0.29) is 11.2 Å². The van der Waals surface area contributed by atoms with E-state index in [0.29, 0.717) is 24.3 Å². The second-order valence-corrected chi connectivity index (χ2v) is 8.63. The van der Waals surface area contributed by atoms with Crippen LogP contribution >= 0.6 is 0 Å². The maximum Gasteiger partial charge on any atom is 0.337 e. The lowest BCUT2D eigenvalue weighted by atomic mass is 9.74. The number of fused-ring (bicyclic) bond motifs is 1. The number of carbonyl (C=O) groups excluding carboxylic acids is 1. The molecule has 0 aliphatic carbocycles. The van der Waals surface area contributed by atoms with E-state index in [9.17, 15) is 9.90 Å². The van der Waals surface area contributed by atoms with Gasteiger partial charge >= 0.3 is 5.97 Å². The van der Waals surface area contributed by atoms with Crippen LogP contribution in [0, 0.1) is 0 Å². The van der Waals surface area contributed by atoms with Gasteiger partial charge in [-0.05, 0) is 35.9 Å². The quantitative estimate of drug-likeness (QED) is 0.759. The van der Waals surface area contributed by atoms with Gasteiger partial charge in [0.25, 0.3) is 0 Å². The van der Waals surface area contributed by atoms with Crippen LogP contribution in [0.5, 0.6) is 5.75 Å². The van der Waals surface area contributed by atoms with E-state index in [4.69, 9.17) is 9.47 Å². The zero-order chi connectivity index (χ0) is 22.2. The monoisotopic (exact) mass is 422 g/mol. The van der Waals surface area contributed by atoms with E-state index in [1.807, 2.05) is 6.08 Å². The summed E-state index contributed by atoms with van der Waals surface area (Å²) >= 11 is 0. The third-order valence-electron chi connectivity index (χ3n) is 6.81. The number of benzene rings is 2. The number of hydrogen-bond acceptors (Lipinski definition) is 6. The first-order chi connectivity index (χ1) is 14.8. The minimum Gasteiger partial charge on any atom is -0.507 e. The third kappa shape index (κ3) is 3.30. The second kappa shape index (κ2) is 8.02. The fourth-order valence-electron chi connectivity index (χ4n) is 5.17. The highest BCUT2D eigenvalue weighted by atomic mass is 16.5. The maximum atomic E-state index is 12.0. The molecule has 4 rings (SSSR count). The van der Waals surface area contributed by atoms with Gasteiger partial charge in [-0.1, -0.05) is 38.1 Å². The number of carbonyl (C=O) groups is 1. The molecule has 0 aromatic heterocycles. The lowest BCUT2D eigenvalue weighted by Crippen LogP contribution is -2.66. The van der Waals surface area contributed by atoms with Crippen molar-refractivity contribution in [2.45, 2.75) is 24.9 Å². The number of ether oxygens (including phenoxy) is 2. The summed E-state index contributed by atoms with van der Waals surface area (Å²) in [4.78, 5) is 16.8. The zero-order valence-corrected chi connectivity index (χ0v) is 18.6. The molecule has 1 atom stereocenters. The van der Waals surface area contributed by atoms with E-state index in [0.717, 1.165) is 13.1 Å². The number of methoxy groups -OCH3 is 1. The number of nitrogens with zero attached hydrogens (tertiary/aromatic N) is 2. The number of anilines is 1. The highest BCUT2D eigenvalue weighted by Crippen LogP contribution is 2.53. The molecule has 1 unspecified atom stereocenters. The van der Waals surface area contributed by atoms with Crippen molar-refractivity contribution in [2.75, 3.05) is 45.4 Å². The molecule has 1 saturated heterocycles. The zero-order valence-electron chi connectivity index (χ0n) is 18.6. The van der Waals surface area contributed by atoms with Gasteiger partial charge in [0, 0.05) is 36.8 Å². The molecule has 0 bridgehead atoms. The van der Waals surface area contributed by atoms with Crippen LogP contribution in [0.4, 0.5) is 5.69 Å².